The molecule has 2 N–H and O–H groups in total. The van der Waals surface area contributed by atoms with Gasteiger partial charge in [-0.3, -0.25) is 9.59 Å². The van der Waals surface area contributed by atoms with Crippen LogP contribution in [0.25, 0.3) is 0 Å². The lowest BCUT2D eigenvalue weighted by molar-refractivity contribution is -0.142. The molecule has 0 aliphatic heterocycles. The number of nitrogens with one attached hydrogen (secondary N) is 2. The third-order valence-corrected chi connectivity index (χ3v) is 6.97. The summed E-state index contributed by atoms with van der Waals surface area (Å²) < 4.78 is 5.41. The maximum absolute atomic E-state index is 14.1. The average Bonchev–Trinajstić information content (AvgIpc) is 2.84. The molecule has 0 radical (unpaired) electrons. The number of unbranched alkanes of at least 4 members (excludes halogenated alkanes) is 5. The molecule has 7 nitrogen and oxygen atoms in total. The van der Waals surface area contributed by atoms with Crippen LogP contribution >= 0.6 is 12.6 Å². The highest BCUT2D eigenvalue weighted by molar-refractivity contribution is 7.80. The number of amides is 3. The summed E-state index contributed by atoms with van der Waals surface area (Å²) in [6, 6.07) is 4.20. The fraction of sp³-hybridized carbons (Fsp3) is 0.710. The summed E-state index contributed by atoms with van der Waals surface area (Å²) in [6.45, 7) is 15.9. The van der Waals surface area contributed by atoms with Crippen molar-refractivity contribution in [1.29, 1.82) is 0 Å². The number of thiol groups is 1. The zero-order valence-electron chi connectivity index (χ0n) is 25.6. The van der Waals surface area contributed by atoms with Gasteiger partial charge in [0.05, 0.1) is 0 Å². The monoisotopic (exact) mass is 563 g/mol. The predicted octanol–water partition coefficient (Wildman–Crippen LogP) is 6.66. The summed E-state index contributed by atoms with van der Waals surface area (Å²) in [6.07, 6.45) is 7.41. The summed E-state index contributed by atoms with van der Waals surface area (Å²) in [5.41, 5.74) is 2.04. The van der Waals surface area contributed by atoms with Crippen molar-refractivity contribution in [2.75, 3.05) is 12.3 Å². The van der Waals surface area contributed by atoms with Crippen molar-refractivity contribution in [2.45, 2.75) is 130 Å². The van der Waals surface area contributed by atoms with E-state index in [2.05, 4.69) is 37.1 Å². The Balaban J connectivity index is 3.44. The van der Waals surface area contributed by atoms with E-state index >= 15 is 0 Å². The van der Waals surface area contributed by atoms with Gasteiger partial charge in [-0.25, -0.2) is 4.79 Å². The number of carbonyl (C=O) groups excluding carboxylic acids is 3. The molecule has 0 saturated heterocycles. The predicted molar refractivity (Wildman–Crippen MR) is 163 cm³/mol. The Morgan fingerprint density at radius 2 is 1.62 bits per heavy atom. The van der Waals surface area contributed by atoms with E-state index in [-0.39, 0.29) is 23.6 Å². The third-order valence-electron chi connectivity index (χ3n) is 6.61. The van der Waals surface area contributed by atoms with Gasteiger partial charge < -0.3 is 20.3 Å². The van der Waals surface area contributed by atoms with E-state index in [9.17, 15) is 14.4 Å². The number of aryl methyl sites for hydroxylation is 2. The van der Waals surface area contributed by atoms with Crippen LogP contribution in [0.1, 0.15) is 116 Å². The quantitative estimate of drug-likeness (QED) is 0.155. The molecule has 39 heavy (non-hydrogen) atoms. The Kier molecular flexibility index (Phi) is 15.6. The van der Waals surface area contributed by atoms with E-state index in [1.807, 2.05) is 39.0 Å². The second-order valence-electron chi connectivity index (χ2n) is 11.6. The molecule has 0 aliphatic rings. The van der Waals surface area contributed by atoms with Crippen molar-refractivity contribution in [2.24, 2.45) is 0 Å². The second kappa shape index (κ2) is 17.5. The van der Waals surface area contributed by atoms with Gasteiger partial charge in [0.15, 0.2) is 0 Å². The third kappa shape index (κ3) is 12.7. The Bertz CT molecular complexity index is 916. The van der Waals surface area contributed by atoms with Gasteiger partial charge in [0.2, 0.25) is 11.8 Å². The molecule has 0 bridgehead atoms. The Morgan fingerprint density at radius 1 is 0.974 bits per heavy atom. The van der Waals surface area contributed by atoms with Gasteiger partial charge >= 0.3 is 6.09 Å². The van der Waals surface area contributed by atoms with E-state index in [0.717, 1.165) is 61.6 Å². The molecule has 0 heterocycles. The highest BCUT2D eigenvalue weighted by Gasteiger charge is 2.36. The number of ether oxygens (including phenoxy) is 1. The number of hydrogen-bond acceptors (Lipinski definition) is 5. The maximum Gasteiger partial charge on any atom is 0.408 e. The SMILES string of the molecule is CCCCCCCCN(C(=O)C(CS)NC(=O)OC(C)(C)C)C(C(=O)NC(C)CCC)c1cc(C)ccc1C. The molecule has 0 fully saturated rings. The molecule has 3 unspecified atom stereocenters. The first-order chi connectivity index (χ1) is 18.3. The van der Waals surface area contributed by atoms with Crippen LogP contribution in [-0.2, 0) is 14.3 Å². The molecule has 1 aromatic rings. The van der Waals surface area contributed by atoms with Gasteiger partial charge in [0.25, 0.3) is 0 Å². The molecule has 3 atom stereocenters. The molecule has 0 saturated carbocycles. The van der Waals surface area contributed by atoms with Crippen molar-refractivity contribution in [3.8, 4) is 0 Å². The first-order valence-corrected chi connectivity index (χ1v) is 15.3. The van der Waals surface area contributed by atoms with Crippen molar-refractivity contribution in [3.63, 3.8) is 0 Å². The van der Waals surface area contributed by atoms with Crippen molar-refractivity contribution >= 4 is 30.5 Å². The van der Waals surface area contributed by atoms with Crippen LogP contribution in [0.5, 0.6) is 0 Å². The normalized spacial score (nSPS) is 13.8. The van der Waals surface area contributed by atoms with Gasteiger partial charge in [-0.15, -0.1) is 0 Å². The number of rotatable bonds is 16. The molecule has 0 aromatic heterocycles. The second-order valence-corrected chi connectivity index (χ2v) is 12.0. The number of carbonyl (C=O) groups is 3. The van der Waals surface area contributed by atoms with Gasteiger partial charge in [-0.1, -0.05) is 76.1 Å². The van der Waals surface area contributed by atoms with E-state index in [1.54, 1.807) is 25.7 Å². The minimum atomic E-state index is -0.934. The Hall–Kier alpha value is -2.22. The summed E-state index contributed by atoms with van der Waals surface area (Å²) >= 11 is 4.39. The first-order valence-electron chi connectivity index (χ1n) is 14.6. The van der Waals surface area contributed by atoms with E-state index in [4.69, 9.17) is 4.74 Å². The topological polar surface area (TPSA) is 87.7 Å². The minimum absolute atomic E-state index is 0.0262. The zero-order valence-corrected chi connectivity index (χ0v) is 26.5. The lowest BCUT2D eigenvalue weighted by Gasteiger charge is -2.35. The molecular formula is C31H53N3O4S. The zero-order chi connectivity index (χ0) is 29.6. The van der Waals surface area contributed by atoms with Crippen LogP contribution in [0.15, 0.2) is 18.2 Å². The van der Waals surface area contributed by atoms with Crippen LogP contribution in [-0.4, -0.2) is 52.8 Å². The number of benzene rings is 1. The standard InChI is InChI=1S/C31H53N3O4S/c1-9-11-12-13-14-15-19-34(29(36)26(21-39)33-30(37)38-31(6,7)8)27(28(35)32-24(5)16-10-2)25-20-22(3)17-18-23(25)4/h17-18,20,24,26-27,39H,9-16,19,21H2,1-8H3,(H,32,35)(H,33,37). The van der Waals surface area contributed by atoms with Crippen molar-refractivity contribution < 1.29 is 19.1 Å². The molecule has 0 spiro atoms. The van der Waals surface area contributed by atoms with Gasteiger partial charge in [0, 0.05) is 18.3 Å². The average molecular weight is 564 g/mol. The molecule has 1 aromatic carbocycles. The highest BCUT2D eigenvalue weighted by Crippen LogP contribution is 2.28. The first kappa shape index (κ1) is 34.8. The smallest absolute Gasteiger partial charge is 0.408 e. The highest BCUT2D eigenvalue weighted by atomic mass is 32.1. The summed E-state index contributed by atoms with van der Waals surface area (Å²) in [5, 5.41) is 5.84. The molecule has 3 amide bonds. The van der Waals surface area contributed by atoms with Crippen molar-refractivity contribution in [1.82, 2.24) is 15.5 Å². The molecule has 222 valence electrons. The number of nitrogens with zero attached hydrogens (tertiary/aromatic N) is 1. The summed E-state index contributed by atoms with van der Waals surface area (Å²) in [5.74, 6) is -0.467. The molecule has 1 rings (SSSR count). The summed E-state index contributed by atoms with van der Waals surface area (Å²) in [7, 11) is 0. The fourth-order valence-corrected chi connectivity index (χ4v) is 4.84. The van der Waals surface area contributed by atoms with Crippen LogP contribution in [0.4, 0.5) is 4.79 Å². The van der Waals surface area contributed by atoms with Crippen LogP contribution in [0.3, 0.4) is 0 Å². The Morgan fingerprint density at radius 3 is 2.21 bits per heavy atom. The fourth-order valence-electron chi connectivity index (χ4n) is 4.60. The van der Waals surface area contributed by atoms with Crippen LogP contribution < -0.4 is 10.6 Å². The maximum atomic E-state index is 14.1. The molecule has 8 heteroatoms. The van der Waals surface area contributed by atoms with Crippen LogP contribution in [0.2, 0.25) is 0 Å². The largest absolute Gasteiger partial charge is 0.444 e. The molecule has 0 aliphatic carbocycles. The van der Waals surface area contributed by atoms with E-state index < -0.39 is 23.8 Å². The van der Waals surface area contributed by atoms with Crippen LogP contribution in [0, 0.1) is 13.8 Å². The van der Waals surface area contributed by atoms with Gasteiger partial charge in [-0.05, 0) is 65.5 Å². The van der Waals surface area contributed by atoms with E-state index in [0.29, 0.717) is 6.54 Å². The Labute approximate surface area is 242 Å². The van der Waals surface area contributed by atoms with Gasteiger partial charge in [0.1, 0.15) is 17.7 Å². The molecular weight excluding hydrogens is 510 g/mol. The number of alkyl carbamates (subject to hydrolysis) is 1. The lowest BCUT2D eigenvalue weighted by Crippen LogP contribution is -2.54. The lowest BCUT2D eigenvalue weighted by atomic mass is 9.95. The van der Waals surface area contributed by atoms with E-state index in [1.165, 1.54) is 6.42 Å². The van der Waals surface area contributed by atoms with Crippen molar-refractivity contribution in [3.05, 3.63) is 34.9 Å². The minimum Gasteiger partial charge on any atom is -0.444 e. The number of hydrogen-bond donors (Lipinski definition) is 3. The van der Waals surface area contributed by atoms with Gasteiger partial charge in [-0.2, -0.15) is 12.6 Å². The summed E-state index contributed by atoms with van der Waals surface area (Å²) in [4.78, 5) is 42.2.